The Bertz CT molecular complexity index is 4480. The second-order valence-electron chi connectivity index (χ2n) is 26.0. The van der Waals surface area contributed by atoms with Gasteiger partial charge in [-0.15, -0.1) is 20.4 Å². The summed E-state index contributed by atoms with van der Waals surface area (Å²) in [5.74, 6) is -0.274. The van der Waals surface area contributed by atoms with Crippen molar-refractivity contribution in [3.63, 3.8) is 0 Å². The summed E-state index contributed by atoms with van der Waals surface area (Å²) in [5, 5.41) is 53.5. The fourth-order valence-corrected chi connectivity index (χ4v) is 14.6. The van der Waals surface area contributed by atoms with Crippen LogP contribution >= 0.6 is 0 Å². The van der Waals surface area contributed by atoms with Gasteiger partial charge in [0.05, 0.1) is 53.9 Å². The van der Waals surface area contributed by atoms with Gasteiger partial charge in [0.25, 0.3) is 11.8 Å². The molecule has 2 aliphatic carbocycles. The van der Waals surface area contributed by atoms with E-state index in [4.69, 9.17) is 9.97 Å². The van der Waals surface area contributed by atoms with Gasteiger partial charge in [-0.1, -0.05) is 24.3 Å². The number of carbonyl (C=O) groups excluding carboxylic acids is 2. The molecule has 2 amide bonds. The minimum absolute atomic E-state index is 0.0406. The Kier molecular flexibility index (Phi) is 15.6. The maximum absolute atomic E-state index is 15.3. The maximum atomic E-state index is 15.3. The van der Waals surface area contributed by atoms with Crippen LogP contribution < -0.4 is 20.4 Å². The number of pyridine rings is 2. The Morgan fingerprint density at radius 2 is 1.18 bits per heavy atom. The third kappa shape index (κ3) is 11.7. The van der Waals surface area contributed by atoms with Crippen molar-refractivity contribution in [2.24, 2.45) is 36.8 Å². The van der Waals surface area contributed by atoms with Crippen molar-refractivity contribution in [2.45, 2.75) is 89.9 Å². The second-order valence-corrected chi connectivity index (χ2v) is 26.0. The Balaban J connectivity index is 0.713. The van der Waals surface area contributed by atoms with Gasteiger partial charge < -0.3 is 19.8 Å². The van der Waals surface area contributed by atoms with E-state index in [2.05, 4.69) is 59.0 Å². The molecule has 2 spiro atoms. The van der Waals surface area contributed by atoms with Crippen molar-refractivity contribution in [3.8, 4) is 63.2 Å². The van der Waals surface area contributed by atoms with Crippen LogP contribution in [0.4, 0.5) is 49.6 Å². The highest BCUT2D eigenvalue weighted by atomic mass is 19.4. The molecule has 8 aromatic rings. The zero-order valence-electron chi connectivity index (χ0n) is 51.5. The Morgan fingerprint density at radius 1 is 0.628 bits per heavy atom. The molecule has 4 aliphatic heterocycles. The molecule has 4 aromatic heterocycles. The van der Waals surface area contributed by atoms with E-state index in [1.807, 2.05) is 24.3 Å². The lowest BCUT2D eigenvalue weighted by Crippen LogP contribution is -2.34. The summed E-state index contributed by atoms with van der Waals surface area (Å²) >= 11 is 0. The fourth-order valence-electron chi connectivity index (χ4n) is 14.6. The molecule has 3 unspecified atom stereocenters. The quantitative estimate of drug-likeness (QED) is 0.0601. The first kappa shape index (κ1) is 61.5. The number of carbonyl (C=O) groups is 2. The summed E-state index contributed by atoms with van der Waals surface area (Å²) in [6.07, 6.45) is -0.0358. The molecule has 25 heteroatoms. The van der Waals surface area contributed by atoms with Crippen molar-refractivity contribution in [3.05, 3.63) is 154 Å². The molecule has 4 fully saturated rings. The van der Waals surface area contributed by atoms with Crippen LogP contribution in [0.2, 0.25) is 0 Å². The molecule has 4 aromatic carbocycles. The number of likely N-dealkylation sites (tertiary alicyclic amines) is 2. The number of nitrogens with one attached hydrogen (secondary N) is 2. The lowest BCUT2D eigenvalue weighted by molar-refractivity contribution is -0.139. The van der Waals surface area contributed by atoms with E-state index in [-0.39, 0.29) is 83.6 Å². The number of alkyl halides is 6. The predicted molar refractivity (Wildman–Crippen MR) is 336 cm³/mol. The molecule has 8 heterocycles. The van der Waals surface area contributed by atoms with Crippen molar-refractivity contribution >= 4 is 35.1 Å². The molecular formula is C69H63F6N17O2. The normalized spacial score (nSPS) is 19.3. The molecule has 0 bridgehead atoms. The lowest BCUT2D eigenvalue weighted by Gasteiger charge is -2.32. The maximum Gasteiger partial charge on any atom is 0.416 e. The number of aromatic nitrogens is 8. The highest BCUT2D eigenvalue weighted by Crippen LogP contribution is 2.62. The molecule has 14 rings (SSSR count). The van der Waals surface area contributed by atoms with E-state index in [9.17, 15) is 25.4 Å². The first-order valence-corrected chi connectivity index (χ1v) is 31.4. The number of nitriles is 3. The van der Waals surface area contributed by atoms with Crippen LogP contribution in [0.3, 0.4) is 0 Å². The summed E-state index contributed by atoms with van der Waals surface area (Å²) in [5.41, 5.74) is 2.36. The van der Waals surface area contributed by atoms with Crippen molar-refractivity contribution < 1.29 is 35.9 Å². The second kappa shape index (κ2) is 23.8. The Morgan fingerprint density at radius 3 is 1.72 bits per heavy atom. The SMILES string of the molecule is Cn1cnnc1-c1ccccc1-c1cc(NCCCC#N)nc(N2Cc3c(cc(CN4CCC5(CC5C(C#N)CNc5cc(-c6cc(C#N)ccc6-c6nncn6C)cc(N6Cc7c(cc(CN8CCC9(CC8)CC9)cc7C(F)(F)F)C6=O)n5)C4)cc3C(F)(F)F)C2=O)c1. The number of nitrogens with zero attached hydrogens (tertiary/aromatic N) is 15. The number of aryl methyl sites for hydroxylation is 2. The molecular weight excluding hydrogens is 1210 g/mol. The summed E-state index contributed by atoms with van der Waals surface area (Å²) in [6.45, 7) is 2.54. The number of hydrogen-bond donors (Lipinski definition) is 2. The van der Waals surface area contributed by atoms with E-state index >= 15 is 26.3 Å². The van der Waals surface area contributed by atoms with Gasteiger partial charge in [0.1, 0.15) is 35.9 Å². The van der Waals surface area contributed by atoms with Crippen LogP contribution in [-0.2, 0) is 52.6 Å². The zero-order chi connectivity index (χ0) is 65.4. The van der Waals surface area contributed by atoms with Gasteiger partial charge >= 0.3 is 12.4 Å². The number of benzene rings is 4. The lowest BCUT2D eigenvalue weighted by atomic mass is 9.93. The van der Waals surface area contributed by atoms with Crippen molar-refractivity contribution in [1.29, 1.82) is 15.8 Å². The summed E-state index contributed by atoms with van der Waals surface area (Å²) in [6, 6.07) is 31.4. The zero-order valence-corrected chi connectivity index (χ0v) is 51.5. The van der Waals surface area contributed by atoms with E-state index in [0.717, 1.165) is 49.2 Å². The Labute approximate surface area is 537 Å². The molecule has 6 aliphatic rings. The summed E-state index contributed by atoms with van der Waals surface area (Å²) in [4.78, 5) is 45.7. The molecule has 2 N–H and O–H groups in total. The third-order valence-corrected chi connectivity index (χ3v) is 19.9. The number of rotatable bonds is 18. The van der Waals surface area contributed by atoms with Gasteiger partial charge in [-0.2, -0.15) is 42.1 Å². The van der Waals surface area contributed by atoms with Crippen LogP contribution in [0.1, 0.15) is 111 Å². The summed E-state index contributed by atoms with van der Waals surface area (Å²) in [7, 11) is 3.56. The number of anilines is 4. The number of piperidine rings is 1. The highest BCUT2D eigenvalue weighted by molar-refractivity contribution is 6.11. The number of unbranched alkanes of at least 4 members (excludes halogenated alkanes) is 1. The average Bonchev–Trinajstić information content (AvgIpc) is 1.57. The van der Waals surface area contributed by atoms with Crippen LogP contribution in [-0.4, -0.2) is 100 Å². The molecule has 0 radical (unpaired) electrons. The summed E-state index contributed by atoms with van der Waals surface area (Å²) < 4.78 is 94.7. The van der Waals surface area contributed by atoms with Crippen LogP contribution in [0.15, 0.2) is 104 Å². The van der Waals surface area contributed by atoms with E-state index in [1.165, 1.54) is 29.0 Å². The van der Waals surface area contributed by atoms with Gasteiger partial charge in [0.15, 0.2) is 11.6 Å². The van der Waals surface area contributed by atoms with E-state index < -0.39 is 47.8 Å². The van der Waals surface area contributed by atoms with Gasteiger partial charge in [-0.25, -0.2) is 9.97 Å². The number of halogens is 6. The molecule has 2 saturated carbocycles. The first-order chi connectivity index (χ1) is 45.2. The van der Waals surface area contributed by atoms with E-state index in [1.54, 1.807) is 84.2 Å². The molecule has 3 atom stereocenters. The fraction of sp³-hybridized carbons (Fsp3) is 0.377. The smallest absolute Gasteiger partial charge is 0.370 e. The predicted octanol–water partition coefficient (Wildman–Crippen LogP) is 12.2. The number of hydrogen-bond acceptors (Lipinski definition) is 15. The number of fused-ring (bicyclic) bond motifs is 2. The van der Waals surface area contributed by atoms with Crippen LogP contribution in [0, 0.1) is 56.7 Å². The van der Waals surface area contributed by atoms with Gasteiger partial charge in [0, 0.05) is 75.5 Å². The van der Waals surface area contributed by atoms with Gasteiger partial charge in [-0.3, -0.25) is 29.2 Å². The van der Waals surface area contributed by atoms with E-state index in [0.29, 0.717) is 101 Å². The van der Waals surface area contributed by atoms with Gasteiger partial charge in [-0.05, 0) is 193 Å². The van der Waals surface area contributed by atoms with Gasteiger partial charge in [0.2, 0.25) is 0 Å². The third-order valence-electron chi connectivity index (χ3n) is 19.9. The molecule has 94 heavy (non-hydrogen) atoms. The highest BCUT2D eigenvalue weighted by Gasteiger charge is 2.60. The minimum Gasteiger partial charge on any atom is -0.370 e. The topological polar surface area (TPSA) is 230 Å². The van der Waals surface area contributed by atoms with Crippen LogP contribution in [0.25, 0.3) is 45.0 Å². The standard InChI is InChI=1S/C69H63F6N17O2/c1-87-39-81-85-62(87)48-8-4-3-7-47(48)44-26-58(79-17-6-5-16-76)83-60(28-44)91-36-54-52(65(91)94)23-43(25-56(54)69(73,74)75)35-90-20-15-67(38-90)30-57(67)46(32-78)33-80-59-27-45(50-21-41(31-77)9-10-49(50)63-86-82-40-88(63)2)29-61(84-59)92-37-53-51(64(92)93)22-42(24-55(53)68(70,71)72)34-89-18-13-66(11-12-66)14-19-89/h3-4,7-10,21-29,39-40,46,57H,5-6,11-15,17-20,30,33-38H2,1-2H3,(H,79,83)(H,80,84). The molecule has 19 nitrogen and oxygen atoms in total. The average molecular weight is 1280 g/mol. The number of amides is 2. The molecule has 2 saturated heterocycles. The van der Waals surface area contributed by atoms with Crippen molar-refractivity contribution in [2.75, 3.05) is 59.7 Å². The van der Waals surface area contributed by atoms with Crippen LogP contribution in [0.5, 0.6) is 0 Å². The Hall–Kier alpha value is -10.0. The molecule has 478 valence electrons. The largest absolute Gasteiger partial charge is 0.416 e. The minimum atomic E-state index is -4.81. The van der Waals surface area contributed by atoms with Crippen molar-refractivity contribution in [1.82, 2.24) is 49.3 Å². The first-order valence-electron chi connectivity index (χ1n) is 31.4. The monoisotopic (exact) mass is 1280 g/mol.